The number of pyridine rings is 1. The minimum absolute atomic E-state index is 0.0578. The van der Waals surface area contributed by atoms with Gasteiger partial charge in [-0.25, -0.2) is 18.6 Å². The maximum absolute atomic E-state index is 12.5. The third kappa shape index (κ3) is 2.35. The molecule has 0 aliphatic carbocycles. The topological polar surface area (TPSA) is 53.4 Å². The van der Waals surface area contributed by atoms with Crippen molar-refractivity contribution in [2.75, 3.05) is 18.0 Å². The standard InChI is InChI=1S/C11H12F2N2O2/c12-9(13)7-3-5-15(6-7)10-8(11(16)17)2-1-4-14-10/h1-2,4,7,9H,3,5-6H2,(H,16,17)/t7-/m0/s1. The van der Waals surface area contributed by atoms with E-state index in [1.165, 1.54) is 18.3 Å². The monoisotopic (exact) mass is 242 g/mol. The summed E-state index contributed by atoms with van der Waals surface area (Å²) in [6.07, 6.45) is -0.526. The van der Waals surface area contributed by atoms with Crippen LogP contribution in [0.1, 0.15) is 16.8 Å². The molecule has 4 nitrogen and oxygen atoms in total. The first-order valence-corrected chi connectivity index (χ1v) is 5.31. The zero-order chi connectivity index (χ0) is 12.4. The number of aromatic nitrogens is 1. The summed E-state index contributed by atoms with van der Waals surface area (Å²) in [7, 11) is 0. The highest BCUT2D eigenvalue weighted by atomic mass is 19.3. The Morgan fingerprint density at radius 2 is 2.35 bits per heavy atom. The molecule has 1 atom stereocenters. The fourth-order valence-electron chi connectivity index (χ4n) is 2.00. The number of anilines is 1. The molecule has 6 heteroatoms. The molecule has 1 aliphatic heterocycles. The van der Waals surface area contributed by atoms with Gasteiger partial charge in [0.1, 0.15) is 11.4 Å². The van der Waals surface area contributed by atoms with Crippen molar-refractivity contribution >= 4 is 11.8 Å². The Labute approximate surface area is 96.9 Å². The lowest BCUT2D eigenvalue weighted by atomic mass is 10.1. The lowest BCUT2D eigenvalue weighted by molar-refractivity contribution is 0.0697. The van der Waals surface area contributed by atoms with Gasteiger partial charge < -0.3 is 10.0 Å². The van der Waals surface area contributed by atoms with Crippen molar-refractivity contribution in [1.29, 1.82) is 0 Å². The summed E-state index contributed by atoms with van der Waals surface area (Å²) in [6, 6.07) is 2.95. The van der Waals surface area contributed by atoms with Crippen LogP contribution in [-0.2, 0) is 0 Å². The summed E-state index contributed by atoms with van der Waals surface area (Å²) in [5, 5.41) is 8.99. The fraction of sp³-hybridized carbons (Fsp3) is 0.455. The maximum atomic E-state index is 12.5. The number of carbonyl (C=O) groups is 1. The Morgan fingerprint density at radius 1 is 1.59 bits per heavy atom. The van der Waals surface area contributed by atoms with E-state index in [9.17, 15) is 13.6 Å². The fourth-order valence-corrected chi connectivity index (χ4v) is 2.00. The lowest BCUT2D eigenvalue weighted by Crippen LogP contribution is -2.24. The molecule has 17 heavy (non-hydrogen) atoms. The Hall–Kier alpha value is -1.72. The van der Waals surface area contributed by atoms with Crippen LogP contribution in [0, 0.1) is 5.92 Å². The van der Waals surface area contributed by atoms with Crippen molar-refractivity contribution in [3.63, 3.8) is 0 Å². The number of carboxylic acid groups (broad SMARTS) is 1. The van der Waals surface area contributed by atoms with E-state index < -0.39 is 18.3 Å². The first kappa shape index (κ1) is 11.8. The molecule has 1 aromatic rings. The van der Waals surface area contributed by atoms with Gasteiger partial charge in [0.25, 0.3) is 0 Å². The van der Waals surface area contributed by atoms with Gasteiger partial charge in [-0.15, -0.1) is 0 Å². The molecule has 92 valence electrons. The Kier molecular flexibility index (Phi) is 3.21. The second kappa shape index (κ2) is 4.65. The van der Waals surface area contributed by atoms with Crippen molar-refractivity contribution in [2.45, 2.75) is 12.8 Å². The highest BCUT2D eigenvalue weighted by Crippen LogP contribution is 2.28. The van der Waals surface area contributed by atoms with Crippen molar-refractivity contribution in [3.05, 3.63) is 23.9 Å². The zero-order valence-corrected chi connectivity index (χ0v) is 9.01. The van der Waals surface area contributed by atoms with Crippen LogP contribution in [0.2, 0.25) is 0 Å². The molecule has 0 bridgehead atoms. The van der Waals surface area contributed by atoms with Gasteiger partial charge >= 0.3 is 5.97 Å². The Bertz CT molecular complexity index is 426. The SMILES string of the molecule is O=C(O)c1cccnc1N1CC[C@H](C(F)F)C1. The first-order valence-electron chi connectivity index (χ1n) is 5.31. The van der Waals surface area contributed by atoms with Crippen LogP contribution in [0.4, 0.5) is 14.6 Å². The van der Waals surface area contributed by atoms with Gasteiger partial charge in [-0.05, 0) is 18.6 Å². The van der Waals surface area contributed by atoms with Gasteiger partial charge in [0.15, 0.2) is 0 Å². The Morgan fingerprint density at radius 3 is 2.94 bits per heavy atom. The summed E-state index contributed by atoms with van der Waals surface area (Å²) in [5.41, 5.74) is 0.0578. The summed E-state index contributed by atoms with van der Waals surface area (Å²) < 4.78 is 25.0. The summed E-state index contributed by atoms with van der Waals surface area (Å²) in [5.74, 6) is -1.50. The second-order valence-electron chi connectivity index (χ2n) is 4.01. The zero-order valence-electron chi connectivity index (χ0n) is 9.01. The van der Waals surface area contributed by atoms with Crippen molar-refractivity contribution in [2.24, 2.45) is 5.92 Å². The summed E-state index contributed by atoms with van der Waals surface area (Å²) >= 11 is 0. The number of halogens is 2. The predicted octanol–water partition coefficient (Wildman–Crippen LogP) is 1.87. The van der Waals surface area contributed by atoms with E-state index in [2.05, 4.69) is 4.98 Å². The summed E-state index contributed by atoms with van der Waals surface area (Å²) in [6.45, 7) is 0.585. The van der Waals surface area contributed by atoms with Gasteiger partial charge in [0.2, 0.25) is 6.43 Å². The molecule has 1 aliphatic rings. The van der Waals surface area contributed by atoms with Crippen LogP contribution in [0.25, 0.3) is 0 Å². The maximum Gasteiger partial charge on any atom is 0.339 e. The molecular weight excluding hydrogens is 230 g/mol. The normalized spacial score (nSPS) is 19.9. The van der Waals surface area contributed by atoms with Gasteiger partial charge in [0.05, 0.1) is 0 Å². The van der Waals surface area contributed by atoms with E-state index in [0.717, 1.165) is 0 Å². The van der Waals surface area contributed by atoms with Crippen LogP contribution in [0.15, 0.2) is 18.3 Å². The number of alkyl halides is 2. The Balaban J connectivity index is 2.21. The minimum atomic E-state index is -2.36. The lowest BCUT2D eigenvalue weighted by Gasteiger charge is -2.19. The van der Waals surface area contributed by atoms with E-state index in [1.807, 2.05) is 0 Å². The average Bonchev–Trinajstić information content (AvgIpc) is 2.78. The van der Waals surface area contributed by atoms with E-state index in [-0.39, 0.29) is 17.9 Å². The molecule has 0 unspecified atom stereocenters. The van der Waals surface area contributed by atoms with Gasteiger partial charge in [-0.1, -0.05) is 0 Å². The molecule has 1 aromatic heterocycles. The number of rotatable bonds is 3. The molecular formula is C11H12F2N2O2. The highest BCUT2D eigenvalue weighted by molar-refractivity contribution is 5.93. The quantitative estimate of drug-likeness (QED) is 0.879. The molecule has 0 radical (unpaired) electrons. The highest BCUT2D eigenvalue weighted by Gasteiger charge is 2.31. The van der Waals surface area contributed by atoms with Crippen LogP contribution >= 0.6 is 0 Å². The van der Waals surface area contributed by atoms with E-state index >= 15 is 0 Å². The third-order valence-corrected chi connectivity index (χ3v) is 2.90. The molecule has 2 heterocycles. The molecule has 0 spiro atoms. The number of hydrogen-bond acceptors (Lipinski definition) is 3. The largest absolute Gasteiger partial charge is 0.478 e. The molecule has 1 fully saturated rings. The van der Waals surface area contributed by atoms with E-state index in [0.29, 0.717) is 13.0 Å². The second-order valence-corrected chi connectivity index (χ2v) is 4.01. The number of hydrogen-bond donors (Lipinski definition) is 1. The van der Waals surface area contributed by atoms with Gasteiger partial charge in [0, 0.05) is 25.2 Å². The average molecular weight is 242 g/mol. The van der Waals surface area contributed by atoms with E-state index in [4.69, 9.17) is 5.11 Å². The molecule has 0 amide bonds. The molecule has 0 saturated carbocycles. The van der Waals surface area contributed by atoms with Crippen molar-refractivity contribution in [1.82, 2.24) is 4.98 Å². The van der Waals surface area contributed by atoms with Crippen LogP contribution in [0.5, 0.6) is 0 Å². The van der Waals surface area contributed by atoms with Gasteiger partial charge in [-0.3, -0.25) is 0 Å². The smallest absolute Gasteiger partial charge is 0.339 e. The van der Waals surface area contributed by atoms with E-state index in [1.54, 1.807) is 4.90 Å². The van der Waals surface area contributed by atoms with Crippen LogP contribution < -0.4 is 4.90 Å². The third-order valence-electron chi connectivity index (χ3n) is 2.90. The van der Waals surface area contributed by atoms with Crippen molar-refractivity contribution < 1.29 is 18.7 Å². The molecule has 1 saturated heterocycles. The molecule has 2 rings (SSSR count). The van der Waals surface area contributed by atoms with Crippen LogP contribution in [-0.4, -0.2) is 35.6 Å². The number of nitrogens with zero attached hydrogens (tertiary/aromatic N) is 2. The molecule has 0 aromatic carbocycles. The predicted molar refractivity (Wildman–Crippen MR) is 57.5 cm³/mol. The molecule has 1 N–H and O–H groups in total. The number of carboxylic acids is 1. The van der Waals surface area contributed by atoms with Gasteiger partial charge in [-0.2, -0.15) is 0 Å². The summed E-state index contributed by atoms with van der Waals surface area (Å²) in [4.78, 5) is 16.6. The number of aromatic carboxylic acids is 1. The minimum Gasteiger partial charge on any atom is -0.478 e. The van der Waals surface area contributed by atoms with Crippen molar-refractivity contribution in [3.8, 4) is 0 Å². The first-order chi connectivity index (χ1) is 8.09. The van der Waals surface area contributed by atoms with Crippen LogP contribution in [0.3, 0.4) is 0 Å².